The molecule has 4 heterocycles. The molecule has 37 heavy (non-hydrogen) atoms. The highest BCUT2D eigenvalue weighted by molar-refractivity contribution is 7.10. The van der Waals surface area contributed by atoms with E-state index in [9.17, 15) is 26.3 Å². The Morgan fingerprint density at radius 1 is 0.865 bits per heavy atom. The van der Waals surface area contributed by atoms with Gasteiger partial charge in [0.15, 0.2) is 0 Å². The van der Waals surface area contributed by atoms with Gasteiger partial charge in [0.1, 0.15) is 0 Å². The smallest absolute Gasteiger partial charge is 0.475 e. The van der Waals surface area contributed by atoms with Crippen LogP contribution in [0.15, 0.2) is 35.0 Å². The van der Waals surface area contributed by atoms with E-state index in [-0.39, 0.29) is 0 Å². The summed E-state index contributed by atoms with van der Waals surface area (Å²) in [6, 6.07) is 8.81. The summed E-state index contributed by atoms with van der Waals surface area (Å²) in [5.74, 6) is -5.51. The number of ether oxygens (including phenoxy) is 1. The molecule has 7 nitrogen and oxygen atoms in total. The lowest BCUT2D eigenvalue weighted by Gasteiger charge is -2.31. The molecule has 1 unspecified atom stereocenters. The lowest BCUT2D eigenvalue weighted by Crippen LogP contribution is -2.40. The van der Waals surface area contributed by atoms with Crippen molar-refractivity contribution in [2.24, 2.45) is 5.41 Å². The third-order valence-corrected chi connectivity index (χ3v) is 7.16. The van der Waals surface area contributed by atoms with Crippen molar-refractivity contribution in [3.8, 4) is 0 Å². The third-order valence-electron chi connectivity index (χ3n) is 5.44. The minimum Gasteiger partial charge on any atom is -0.475 e. The molecule has 0 bridgehead atoms. The number of hydrogen-bond donors (Lipinski definition) is 2. The summed E-state index contributed by atoms with van der Waals surface area (Å²) in [4.78, 5) is 26.0. The lowest BCUT2D eigenvalue weighted by atomic mass is 9.87. The molecule has 2 aliphatic heterocycles. The number of nitrogens with zero attached hydrogens (tertiary/aromatic N) is 2. The predicted molar refractivity (Wildman–Crippen MR) is 124 cm³/mol. The fourth-order valence-electron chi connectivity index (χ4n) is 3.87. The van der Waals surface area contributed by atoms with Crippen LogP contribution in [-0.4, -0.2) is 83.7 Å². The third kappa shape index (κ3) is 11.0. The zero-order valence-electron chi connectivity index (χ0n) is 19.4. The molecule has 4 rings (SSSR count). The summed E-state index contributed by atoms with van der Waals surface area (Å²) >= 11 is 3.74. The van der Waals surface area contributed by atoms with Gasteiger partial charge in [-0.3, -0.25) is 9.80 Å². The highest BCUT2D eigenvalue weighted by Crippen LogP contribution is 2.35. The first-order valence-corrected chi connectivity index (χ1v) is 12.6. The molecule has 1 spiro atoms. The van der Waals surface area contributed by atoms with Gasteiger partial charge in [-0.1, -0.05) is 12.1 Å². The zero-order valence-corrected chi connectivity index (χ0v) is 21.1. The minimum absolute atomic E-state index is 0.324. The van der Waals surface area contributed by atoms with Gasteiger partial charge in [-0.25, -0.2) is 9.59 Å². The molecule has 2 aliphatic rings. The van der Waals surface area contributed by atoms with Gasteiger partial charge in [-0.15, -0.1) is 22.7 Å². The summed E-state index contributed by atoms with van der Waals surface area (Å²) in [6.45, 7) is 8.58. The monoisotopic (exact) mass is 576 g/mol. The van der Waals surface area contributed by atoms with Crippen LogP contribution in [0.2, 0.25) is 0 Å². The predicted octanol–water partition coefficient (Wildman–Crippen LogP) is 4.80. The van der Waals surface area contributed by atoms with E-state index in [1.54, 1.807) is 0 Å². The molecular weight excluding hydrogens is 550 g/mol. The Morgan fingerprint density at radius 2 is 1.30 bits per heavy atom. The number of carbonyl (C=O) groups is 2. The van der Waals surface area contributed by atoms with E-state index in [0.29, 0.717) is 5.41 Å². The first-order valence-electron chi connectivity index (χ1n) is 10.9. The summed E-state index contributed by atoms with van der Waals surface area (Å²) in [6.07, 6.45) is -8.90. The Labute approximate surface area is 216 Å². The van der Waals surface area contributed by atoms with Crippen molar-refractivity contribution < 1.29 is 50.9 Å². The molecule has 2 saturated heterocycles. The van der Waals surface area contributed by atoms with E-state index in [0.717, 1.165) is 32.8 Å². The van der Waals surface area contributed by atoms with Crippen molar-refractivity contribution in [2.75, 3.05) is 39.4 Å². The highest BCUT2D eigenvalue weighted by atomic mass is 32.1. The zero-order chi connectivity index (χ0) is 27.7. The maximum atomic E-state index is 10.6. The van der Waals surface area contributed by atoms with Crippen LogP contribution in [0.5, 0.6) is 0 Å². The van der Waals surface area contributed by atoms with E-state index >= 15 is 0 Å². The largest absolute Gasteiger partial charge is 0.490 e. The highest BCUT2D eigenvalue weighted by Gasteiger charge is 2.41. The molecule has 0 saturated carbocycles. The van der Waals surface area contributed by atoms with E-state index < -0.39 is 24.3 Å². The number of halogens is 6. The maximum absolute atomic E-state index is 10.6. The van der Waals surface area contributed by atoms with Crippen molar-refractivity contribution in [1.82, 2.24) is 9.80 Å². The molecule has 0 aliphatic carbocycles. The molecule has 2 aromatic rings. The van der Waals surface area contributed by atoms with Crippen LogP contribution in [0, 0.1) is 5.41 Å². The summed E-state index contributed by atoms with van der Waals surface area (Å²) in [7, 11) is 0. The van der Waals surface area contributed by atoms with E-state index in [1.807, 2.05) is 22.7 Å². The van der Waals surface area contributed by atoms with E-state index in [4.69, 9.17) is 24.5 Å². The Bertz CT molecular complexity index is 945. The van der Waals surface area contributed by atoms with Crippen LogP contribution in [0.1, 0.15) is 16.2 Å². The topological polar surface area (TPSA) is 90.3 Å². The molecule has 0 radical (unpaired) electrons. The average molecular weight is 577 g/mol. The minimum atomic E-state index is -5.08. The molecule has 0 amide bonds. The van der Waals surface area contributed by atoms with Crippen molar-refractivity contribution in [3.63, 3.8) is 0 Å². The first kappa shape index (κ1) is 31.0. The number of aliphatic carboxylic acids is 2. The Morgan fingerprint density at radius 3 is 1.68 bits per heavy atom. The second-order valence-electron chi connectivity index (χ2n) is 8.49. The van der Waals surface area contributed by atoms with E-state index in [1.165, 1.54) is 35.8 Å². The molecule has 1 atom stereocenters. The van der Waals surface area contributed by atoms with Crippen LogP contribution in [0.3, 0.4) is 0 Å². The van der Waals surface area contributed by atoms with Crippen LogP contribution in [0.4, 0.5) is 26.3 Å². The van der Waals surface area contributed by atoms with Crippen molar-refractivity contribution >= 4 is 34.6 Å². The van der Waals surface area contributed by atoms with Crippen LogP contribution >= 0.6 is 22.7 Å². The second-order valence-corrected chi connectivity index (χ2v) is 10.6. The van der Waals surface area contributed by atoms with Crippen molar-refractivity contribution in [3.05, 3.63) is 44.8 Å². The van der Waals surface area contributed by atoms with Gasteiger partial charge in [-0.05, 0) is 35.9 Å². The van der Waals surface area contributed by atoms with Gasteiger partial charge in [0.05, 0.1) is 13.2 Å². The maximum Gasteiger partial charge on any atom is 0.490 e. The lowest BCUT2D eigenvalue weighted by molar-refractivity contribution is -0.193. The Balaban J connectivity index is 0.000000286. The van der Waals surface area contributed by atoms with Crippen LogP contribution in [0.25, 0.3) is 0 Å². The number of likely N-dealkylation sites (tertiary alicyclic amines) is 1. The summed E-state index contributed by atoms with van der Waals surface area (Å²) in [5.41, 5.74) is 0.324. The fraction of sp³-hybridized carbons (Fsp3) is 0.545. The van der Waals surface area contributed by atoms with Gasteiger partial charge < -0.3 is 14.9 Å². The number of carboxylic acid groups (broad SMARTS) is 2. The number of hydrogen-bond acceptors (Lipinski definition) is 7. The number of thiophene rings is 2. The second kappa shape index (κ2) is 13.6. The Hall–Kier alpha value is -2.20. The molecular formula is C22H26F6N2O5S2. The number of rotatable bonds is 4. The average Bonchev–Trinajstić information content (AvgIpc) is 3.52. The first-order chi connectivity index (χ1) is 17.2. The van der Waals surface area contributed by atoms with Gasteiger partial charge in [-0.2, -0.15) is 26.3 Å². The summed E-state index contributed by atoms with van der Waals surface area (Å²) < 4.78 is 69.5. The molecule has 2 aromatic heterocycles. The normalized spacial score (nSPS) is 20.9. The van der Waals surface area contributed by atoms with E-state index in [2.05, 4.69) is 44.8 Å². The number of alkyl halides is 6. The molecule has 2 N–H and O–H groups in total. The summed E-state index contributed by atoms with van der Waals surface area (Å²) in [5, 5.41) is 18.6. The van der Waals surface area contributed by atoms with Gasteiger partial charge in [0.25, 0.3) is 0 Å². The van der Waals surface area contributed by atoms with Crippen molar-refractivity contribution in [2.45, 2.75) is 31.9 Å². The molecule has 0 aromatic carbocycles. The molecule has 208 valence electrons. The molecule has 2 fully saturated rings. The van der Waals surface area contributed by atoms with Crippen LogP contribution < -0.4 is 0 Å². The quantitative estimate of drug-likeness (QED) is 0.506. The standard InChI is InChI=1S/C18H24N2OS2.2C2HF3O2/c1-3-16(22-9-1)11-19-6-5-18(13-19)14-20(7-8-21-15-18)12-17-4-2-10-23-17;2*3-2(4,5)1(6)7/h1-4,9-10H,5-8,11-15H2;2*(H,6,7). The van der Waals surface area contributed by atoms with Gasteiger partial charge in [0.2, 0.25) is 0 Å². The van der Waals surface area contributed by atoms with Crippen LogP contribution in [-0.2, 0) is 27.4 Å². The number of carboxylic acids is 2. The van der Waals surface area contributed by atoms with Gasteiger partial charge in [0, 0.05) is 47.9 Å². The molecule has 15 heteroatoms. The van der Waals surface area contributed by atoms with Gasteiger partial charge >= 0.3 is 24.3 Å². The Kier molecular flexibility index (Phi) is 11.4. The van der Waals surface area contributed by atoms with Crippen molar-refractivity contribution in [1.29, 1.82) is 0 Å². The SMILES string of the molecule is O=C(O)C(F)(F)F.O=C(O)C(F)(F)F.c1csc(CN2CCOCC3(CCN(Cc4cccs4)C3)C2)c1. The fourth-order valence-corrected chi connectivity index (χ4v) is 5.36.